The van der Waals surface area contributed by atoms with Crippen LogP contribution in [0.1, 0.15) is 64.3 Å². The molecule has 0 aromatic rings. The molecule has 7 atom stereocenters. The van der Waals surface area contributed by atoms with E-state index in [2.05, 4.69) is 15.0 Å². The van der Waals surface area contributed by atoms with Gasteiger partial charge in [-0.3, -0.25) is 9.36 Å². The third kappa shape index (κ3) is 4.94. The lowest BCUT2D eigenvalue weighted by atomic mass is 9.92. The van der Waals surface area contributed by atoms with Crippen LogP contribution in [0.3, 0.4) is 0 Å². The maximum Gasteiger partial charge on any atom is 0.359 e. The monoisotopic (exact) mass is 503 g/mol. The SMILES string of the molecule is CCC(C)(C[C@H]1O[C@@H](c2cc3nc(F)c(C)[nH]c-3nc2=O)[C@@H](O)C1O)OP(=O)(O)C(C)(O)CC. The molecule has 1 fully saturated rings. The molecule has 11 nitrogen and oxygen atoms in total. The van der Waals surface area contributed by atoms with Crippen molar-refractivity contribution in [2.75, 3.05) is 0 Å². The first-order chi connectivity index (χ1) is 15.6. The molecule has 0 aliphatic carbocycles. The molecule has 3 heterocycles. The zero-order valence-electron chi connectivity index (χ0n) is 19.6. The number of fused-ring (bicyclic) bond motifs is 1. The summed E-state index contributed by atoms with van der Waals surface area (Å²) in [5, 5.41) is 29.5. The molecule has 13 heteroatoms. The minimum atomic E-state index is -4.49. The van der Waals surface area contributed by atoms with Gasteiger partial charge in [0.25, 0.3) is 5.56 Å². The van der Waals surface area contributed by atoms with E-state index in [0.29, 0.717) is 0 Å². The highest BCUT2D eigenvalue weighted by molar-refractivity contribution is 7.54. The second kappa shape index (κ2) is 9.34. The largest absolute Gasteiger partial charge is 0.388 e. The lowest BCUT2D eigenvalue weighted by molar-refractivity contribution is -0.0532. The summed E-state index contributed by atoms with van der Waals surface area (Å²) in [5.41, 5.74) is -2.05. The zero-order chi connectivity index (χ0) is 25.6. The van der Waals surface area contributed by atoms with Gasteiger partial charge in [-0.15, -0.1) is 0 Å². The van der Waals surface area contributed by atoms with Crippen LogP contribution in [0.4, 0.5) is 4.39 Å². The fraction of sp³-hybridized carbons (Fsp3) is 0.667. The van der Waals surface area contributed by atoms with E-state index in [1.807, 2.05) is 0 Å². The Morgan fingerprint density at radius 1 is 1.24 bits per heavy atom. The minimum absolute atomic E-state index is 0.0310. The van der Waals surface area contributed by atoms with Gasteiger partial charge in [0.05, 0.1) is 23.0 Å². The van der Waals surface area contributed by atoms with Crippen molar-refractivity contribution in [3.05, 3.63) is 33.6 Å². The van der Waals surface area contributed by atoms with Gasteiger partial charge in [0.2, 0.25) is 5.95 Å². The van der Waals surface area contributed by atoms with Gasteiger partial charge < -0.3 is 34.5 Å². The summed E-state index contributed by atoms with van der Waals surface area (Å²) >= 11 is 0. The molecular weight excluding hydrogens is 472 g/mol. The number of aryl methyl sites for hydroxylation is 1. The fourth-order valence-corrected chi connectivity index (χ4v) is 5.14. The Hall–Kier alpha value is -1.79. The Balaban J connectivity index is 1.88. The fourth-order valence-electron chi connectivity index (χ4n) is 3.74. The number of aliphatic hydroxyl groups excluding tert-OH is 2. The maximum absolute atomic E-state index is 13.9. The van der Waals surface area contributed by atoms with Crippen LogP contribution in [0.2, 0.25) is 0 Å². The number of nitrogens with zero attached hydrogens (tertiary/aromatic N) is 2. The highest BCUT2D eigenvalue weighted by Gasteiger charge is 2.51. The number of rotatable bonds is 8. The average molecular weight is 503 g/mol. The molecule has 3 rings (SSSR count). The molecule has 0 bridgehead atoms. The Labute approximate surface area is 195 Å². The lowest BCUT2D eigenvalue weighted by Crippen LogP contribution is -2.40. The summed E-state index contributed by atoms with van der Waals surface area (Å²) in [7, 11) is -4.49. The second-order valence-electron chi connectivity index (χ2n) is 9.17. The predicted molar refractivity (Wildman–Crippen MR) is 119 cm³/mol. The molecule has 0 spiro atoms. The number of aromatic amines is 1. The molecule has 190 valence electrons. The van der Waals surface area contributed by atoms with Crippen molar-refractivity contribution >= 4 is 7.60 Å². The van der Waals surface area contributed by atoms with Crippen molar-refractivity contribution in [1.82, 2.24) is 15.0 Å². The topological polar surface area (TPSA) is 175 Å². The second-order valence-corrected chi connectivity index (χ2v) is 11.4. The summed E-state index contributed by atoms with van der Waals surface area (Å²) < 4.78 is 37.9. The van der Waals surface area contributed by atoms with E-state index in [9.17, 15) is 34.0 Å². The van der Waals surface area contributed by atoms with E-state index in [1.165, 1.54) is 33.8 Å². The molecular formula is C21H31FN3O8P. The number of H-pyrrole nitrogens is 1. The van der Waals surface area contributed by atoms with Crippen LogP contribution < -0.4 is 5.56 Å². The molecule has 0 radical (unpaired) electrons. The van der Waals surface area contributed by atoms with Gasteiger partial charge in [-0.25, -0.2) is 4.98 Å². The number of nitrogens with one attached hydrogen (secondary N) is 1. The smallest absolute Gasteiger partial charge is 0.359 e. The van der Waals surface area contributed by atoms with Gasteiger partial charge in [0, 0.05) is 6.42 Å². The quantitative estimate of drug-likeness (QED) is 0.334. The normalized spacial score (nSPS) is 28.4. The molecule has 3 aliphatic rings. The van der Waals surface area contributed by atoms with Gasteiger partial charge in [0.15, 0.2) is 11.2 Å². The predicted octanol–water partition coefficient (Wildman–Crippen LogP) is 1.76. The Morgan fingerprint density at radius 3 is 2.47 bits per heavy atom. The average Bonchev–Trinajstić information content (AvgIpc) is 3.02. The summed E-state index contributed by atoms with van der Waals surface area (Å²) in [6.07, 6.45) is -5.32. The van der Waals surface area contributed by atoms with E-state index in [-0.39, 0.29) is 42.0 Å². The molecule has 0 saturated carbocycles. The van der Waals surface area contributed by atoms with Crippen LogP contribution in [-0.4, -0.2) is 64.4 Å². The van der Waals surface area contributed by atoms with Gasteiger partial charge in [-0.05, 0) is 39.7 Å². The van der Waals surface area contributed by atoms with Crippen molar-refractivity contribution in [3.8, 4) is 11.5 Å². The van der Waals surface area contributed by atoms with Crippen molar-refractivity contribution in [2.24, 2.45) is 0 Å². The van der Waals surface area contributed by atoms with Crippen molar-refractivity contribution in [1.29, 1.82) is 0 Å². The summed E-state index contributed by atoms with van der Waals surface area (Å²) in [6, 6.07) is 1.24. The molecule has 34 heavy (non-hydrogen) atoms. The van der Waals surface area contributed by atoms with Crippen LogP contribution in [0.5, 0.6) is 0 Å². The van der Waals surface area contributed by atoms with Crippen LogP contribution in [0.15, 0.2) is 10.9 Å². The number of aromatic nitrogens is 3. The van der Waals surface area contributed by atoms with Crippen LogP contribution in [0, 0.1) is 12.9 Å². The van der Waals surface area contributed by atoms with Gasteiger partial charge in [-0.1, -0.05) is 13.8 Å². The van der Waals surface area contributed by atoms with E-state index in [1.54, 1.807) is 6.92 Å². The van der Waals surface area contributed by atoms with Crippen LogP contribution >= 0.6 is 7.60 Å². The summed E-state index contributed by atoms with van der Waals surface area (Å²) in [6.45, 7) is 7.39. The first kappa shape index (κ1) is 26.8. The van der Waals surface area contributed by atoms with Gasteiger partial charge >= 0.3 is 7.60 Å². The molecule has 0 aromatic carbocycles. The molecule has 0 aromatic heterocycles. The number of halogens is 1. The number of hydrogen-bond donors (Lipinski definition) is 5. The first-order valence-corrected chi connectivity index (χ1v) is 12.6. The molecule has 3 aliphatic heterocycles. The highest BCUT2D eigenvalue weighted by atomic mass is 31.2. The molecule has 4 unspecified atom stereocenters. The van der Waals surface area contributed by atoms with E-state index in [4.69, 9.17) is 9.26 Å². The van der Waals surface area contributed by atoms with E-state index < -0.39 is 54.5 Å². The number of ether oxygens (including phenoxy) is 1. The van der Waals surface area contributed by atoms with Crippen molar-refractivity contribution < 1.29 is 38.4 Å². The number of pyridine rings is 1. The van der Waals surface area contributed by atoms with E-state index in [0.717, 1.165) is 0 Å². The Bertz CT molecular complexity index is 1130. The molecule has 0 amide bonds. The summed E-state index contributed by atoms with van der Waals surface area (Å²) in [5.74, 6) is -0.720. The lowest BCUT2D eigenvalue weighted by Gasteiger charge is -2.37. The summed E-state index contributed by atoms with van der Waals surface area (Å²) in [4.78, 5) is 33.2. The number of aliphatic hydroxyl groups is 3. The maximum atomic E-state index is 13.9. The standard InChI is InChI=1S/C21H31FN3O8P/c1-6-20(4,33-34(30,31)21(5,29)7-2)9-13-14(26)15(27)16(32-13)11-8-12-18(25-19(11)28)23-10(3)17(22)24-12/h8,13-16,26-27,29H,6-7,9H2,1-5H3,(H,30,31)(H,23,25,28)/t13-,14?,15+,16+,20?,21?/m1/s1. The van der Waals surface area contributed by atoms with Gasteiger partial charge in [0.1, 0.15) is 24.0 Å². The Kier molecular flexibility index (Phi) is 7.37. The van der Waals surface area contributed by atoms with E-state index >= 15 is 0 Å². The first-order valence-electron chi connectivity index (χ1n) is 11.0. The zero-order valence-corrected chi connectivity index (χ0v) is 20.5. The third-order valence-electron chi connectivity index (χ3n) is 6.50. The molecule has 5 N–H and O–H groups in total. The van der Waals surface area contributed by atoms with Crippen molar-refractivity contribution in [2.45, 2.75) is 89.2 Å². The van der Waals surface area contributed by atoms with Gasteiger partial charge in [-0.2, -0.15) is 9.37 Å². The third-order valence-corrected chi connectivity index (χ3v) is 8.72. The van der Waals surface area contributed by atoms with Crippen molar-refractivity contribution in [3.63, 3.8) is 0 Å². The number of hydrogen-bond acceptors (Lipinski definition) is 9. The molecule has 1 saturated heterocycles. The van der Waals surface area contributed by atoms with Crippen LogP contribution in [-0.2, 0) is 13.8 Å². The Morgan fingerprint density at radius 2 is 1.88 bits per heavy atom. The van der Waals surface area contributed by atoms with Crippen LogP contribution in [0.25, 0.3) is 11.5 Å². The highest BCUT2D eigenvalue weighted by Crippen LogP contribution is 2.59. The minimum Gasteiger partial charge on any atom is -0.388 e.